The maximum atomic E-state index is 13.7. The summed E-state index contributed by atoms with van der Waals surface area (Å²) in [5, 5.41) is 3.68. The van der Waals surface area contributed by atoms with Crippen LogP contribution >= 0.6 is 11.6 Å². The number of nitrogens with zero attached hydrogens (tertiary/aromatic N) is 1. The molecular weight excluding hydrogens is 472 g/mol. The molecule has 0 aliphatic carbocycles. The number of ether oxygens (including phenoxy) is 1. The van der Waals surface area contributed by atoms with Gasteiger partial charge in [0, 0.05) is 23.5 Å². The topological polar surface area (TPSA) is 58.6 Å². The van der Waals surface area contributed by atoms with E-state index in [-0.39, 0.29) is 25.0 Å². The Morgan fingerprint density at radius 3 is 2.11 bits per heavy atom. The van der Waals surface area contributed by atoms with Gasteiger partial charge in [0.25, 0.3) is 5.91 Å². The molecule has 0 aromatic heterocycles. The van der Waals surface area contributed by atoms with Gasteiger partial charge < -0.3 is 15.0 Å². The minimum absolute atomic E-state index is 0.176. The lowest BCUT2D eigenvalue weighted by atomic mass is 10.0. The van der Waals surface area contributed by atoms with Gasteiger partial charge in [-0.1, -0.05) is 60.1 Å². The van der Waals surface area contributed by atoms with Crippen molar-refractivity contribution in [2.24, 2.45) is 0 Å². The molecule has 0 heterocycles. The van der Waals surface area contributed by atoms with Gasteiger partial charge in [0.05, 0.1) is 0 Å². The smallest absolute Gasteiger partial charge is 0.261 e. The molecule has 6 heteroatoms. The summed E-state index contributed by atoms with van der Waals surface area (Å²) in [7, 11) is 0. The van der Waals surface area contributed by atoms with E-state index in [0.29, 0.717) is 17.2 Å². The van der Waals surface area contributed by atoms with E-state index in [4.69, 9.17) is 16.3 Å². The molecular formula is C30H35ClN2O3. The Labute approximate surface area is 219 Å². The second kappa shape index (κ2) is 12.1. The molecule has 3 rings (SSSR count). The van der Waals surface area contributed by atoms with Crippen LogP contribution in [-0.4, -0.2) is 34.9 Å². The van der Waals surface area contributed by atoms with Crippen LogP contribution in [0.25, 0.3) is 0 Å². The van der Waals surface area contributed by atoms with Crippen molar-refractivity contribution in [3.63, 3.8) is 0 Å². The molecule has 0 radical (unpaired) electrons. The molecule has 0 bridgehead atoms. The number of hydrogen-bond donors (Lipinski definition) is 1. The van der Waals surface area contributed by atoms with E-state index < -0.39 is 11.6 Å². The number of nitrogens with one attached hydrogen (secondary N) is 1. The zero-order valence-electron chi connectivity index (χ0n) is 21.7. The van der Waals surface area contributed by atoms with Crippen LogP contribution in [0.5, 0.6) is 5.75 Å². The Hall–Kier alpha value is -3.31. The van der Waals surface area contributed by atoms with Crippen molar-refractivity contribution in [3.8, 4) is 5.75 Å². The van der Waals surface area contributed by atoms with Crippen molar-refractivity contribution >= 4 is 23.4 Å². The van der Waals surface area contributed by atoms with Gasteiger partial charge in [0.1, 0.15) is 11.8 Å². The van der Waals surface area contributed by atoms with Crippen molar-refractivity contribution in [1.29, 1.82) is 0 Å². The summed E-state index contributed by atoms with van der Waals surface area (Å²) in [6.45, 7) is 9.84. The molecule has 0 aliphatic heterocycles. The first kappa shape index (κ1) is 27.3. The highest BCUT2D eigenvalue weighted by Crippen LogP contribution is 2.20. The summed E-state index contributed by atoms with van der Waals surface area (Å²) in [5.74, 6) is 0.153. The fourth-order valence-electron chi connectivity index (χ4n) is 4.04. The molecule has 190 valence electrons. The van der Waals surface area contributed by atoms with Gasteiger partial charge in [-0.15, -0.1) is 0 Å². The molecule has 5 nitrogen and oxygen atoms in total. The molecule has 3 aromatic carbocycles. The lowest BCUT2D eigenvalue weighted by molar-refractivity contribution is -0.143. The molecule has 2 amide bonds. The molecule has 0 saturated carbocycles. The Morgan fingerprint density at radius 1 is 0.917 bits per heavy atom. The molecule has 36 heavy (non-hydrogen) atoms. The van der Waals surface area contributed by atoms with Crippen LogP contribution < -0.4 is 10.1 Å². The number of hydrogen-bond acceptors (Lipinski definition) is 3. The van der Waals surface area contributed by atoms with Gasteiger partial charge in [-0.25, -0.2) is 0 Å². The summed E-state index contributed by atoms with van der Waals surface area (Å²) in [6.07, 6.45) is 0.381. The van der Waals surface area contributed by atoms with E-state index >= 15 is 0 Å². The third-order valence-corrected chi connectivity index (χ3v) is 5.84. The number of halogens is 1. The predicted octanol–water partition coefficient (Wildman–Crippen LogP) is 5.89. The molecule has 0 fully saturated rings. The van der Waals surface area contributed by atoms with Gasteiger partial charge in [0.2, 0.25) is 5.91 Å². The van der Waals surface area contributed by atoms with E-state index in [2.05, 4.69) is 5.32 Å². The van der Waals surface area contributed by atoms with Crippen LogP contribution in [-0.2, 0) is 22.6 Å². The highest BCUT2D eigenvalue weighted by atomic mass is 35.5. The van der Waals surface area contributed by atoms with Crippen molar-refractivity contribution < 1.29 is 14.3 Å². The average molecular weight is 507 g/mol. The van der Waals surface area contributed by atoms with Crippen molar-refractivity contribution in [1.82, 2.24) is 10.2 Å². The van der Waals surface area contributed by atoms with E-state index in [1.165, 1.54) is 0 Å². The predicted molar refractivity (Wildman–Crippen MR) is 145 cm³/mol. The third kappa shape index (κ3) is 8.42. The van der Waals surface area contributed by atoms with Crippen molar-refractivity contribution in [2.45, 2.75) is 59.2 Å². The highest BCUT2D eigenvalue weighted by molar-refractivity contribution is 6.30. The summed E-state index contributed by atoms with van der Waals surface area (Å²) in [6, 6.07) is 22.2. The van der Waals surface area contributed by atoms with E-state index in [0.717, 1.165) is 22.3 Å². The van der Waals surface area contributed by atoms with Crippen LogP contribution in [0.1, 0.15) is 43.0 Å². The first-order valence-electron chi connectivity index (χ1n) is 12.1. The average Bonchev–Trinajstić information content (AvgIpc) is 2.80. The normalized spacial score (nSPS) is 12.1. The molecule has 3 aromatic rings. The van der Waals surface area contributed by atoms with Crippen molar-refractivity contribution in [3.05, 3.63) is 100 Å². The Kier molecular flexibility index (Phi) is 9.16. The Morgan fingerprint density at radius 2 is 1.53 bits per heavy atom. The fourth-order valence-corrected chi connectivity index (χ4v) is 4.16. The Balaban J connectivity index is 1.93. The number of rotatable bonds is 9. The van der Waals surface area contributed by atoms with Crippen LogP contribution in [0.4, 0.5) is 0 Å². The minimum Gasteiger partial charge on any atom is -0.484 e. The first-order valence-corrected chi connectivity index (χ1v) is 12.5. The molecule has 0 spiro atoms. The van der Waals surface area contributed by atoms with Crippen LogP contribution in [0.2, 0.25) is 5.02 Å². The van der Waals surface area contributed by atoms with Crippen molar-refractivity contribution in [2.75, 3.05) is 6.61 Å². The van der Waals surface area contributed by atoms with E-state index in [9.17, 15) is 9.59 Å². The van der Waals surface area contributed by atoms with Gasteiger partial charge in [-0.3, -0.25) is 9.59 Å². The summed E-state index contributed by atoms with van der Waals surface area (Å²) >= 11 is 6.08. The third-order valence-electron chi connectivity index (χ3n) is 5.59. The Bertz CT molecular complexity index is 1150. The molecule has 1 atom stereocenters. The standard InChI is InChI=1S/C30H35ClN2O3/c1-21-15-22(2)17-26(16-21)36-20-28(34)33(19-24-11-13-25(31)14-12-24)27(29(35)32-30(3,4)5)18-23-9-7-6-8-10-23/h6-17,27H,18-20H2,1-5H3,(H,32,35)/t27-/m0/s1. The minimum atomic E-state index is -0.724. The quantitative estimate of drug-likeness (QED) is 0.393. The monoisotopic (exact) mass is 506 g/mol. The zero-order valence-corrected chi connectivity index (χ0v) is 22.4. The van der Waals surface area contributed by atoms with Gasteiger partial charge in [-0.05, 0) is 81.1 Å². The van der Waals surface area contributed by atoms with Crippen LogP contribution in [0.3, 0.4) is 0 Å². The van der Waals surface area contributed by atoms with Gasteiger partial charge >= 0.3 is 0 Å². The lowest BCUT2D eigenvalue weighted by Gasteiger charge is -2.33. The number of carbonyl (C=O) groups is 2. The zero-order chi connectivity index (χ0) is 26.3. The lowest BCUT2D eigenvalue weighted by Crippen LogP contribution is -2.55. The maximum absolute atomic E-state index is 13.7. The number of aryl methyl sites for hydroxylation is 2. The second-order valence-corrected chi connectivity index (χ2v) is 10.6. The molecule has 1 N–H and O–H groups in total. The number of amides is 2. The molecule has 0 saturated heterocycles. The fraction of sp³-hybridized carbons (Fsp3) is 0.333. The number of carbonyl (C=O) groups excluding carboxylic acids is 2. The van der Waals surface area contributed by atoms with Gasteiger partial charge in [-0.2, -0.15) is 0 Å². The van der Waals surface area contributed by atoms with E-state index in [1.807, 2.05) is 95.3 Å². The largest absolute Gasteiger partial charge is 0.484 e. The highest BCUT2D eigenvalue weighted by Gasteiger charge is 2.32. The maximum Gasteiger partial charge on any atom is 0.261 e. The first-order chi connectivity index (χ1) is 17.0. The second-order valence-electron chi connectivity index (χ2n) is 10.2. The van der Waals surface area contributed by atoms with E-state index in [1.54, 1.807) is 17.0 Å². The summed E-state index contributed by atoms with van der Waals surface area (Å²) in [5.41, 5.74) is 3.51. The van der Waals surface area contributed by atoms with Crippen LogP contribution in [0.15, 0.2) is 72.8 Å². The summed E-state index contributed by atoms with van der Waals surface area (Å²) in [4.78, 5) is 28.8. The van der Waals surface area contributed by atoms with Crippen LogP contribution in [0, 0.1) is 13.8 Å². The molecule has 0 unspecified atom stereocenters. The summed E-state index contributed by atoms with van der Waals surface area (Å²) < 4.78 is 5.90. The van der Waals surface area contributed by atoms with Gasteiger partial charge in [0.15, 0.2) is 6.61 Å². The SMILES string of the molecule is Cc1cc(C)cc(OCC(=O)N(Cc2ccc(Cl)cc2)[C@@H](Cc2ccccc2)C(=O)NC(C)(C)C)c1. The molecule has 0 aliphatic rings. The number of benzene rings is 3.